The van der Waals surface area contributed by atoms with E-state index in [0.29, 0.717) is 11.5 Å². The van der Waals surface area contributed by atoms with Crippen molar-refractivity contribution in [1.29, 1.82) is 0 Å². The predicted octanol–water partition coefficient (Wildman–Crippen LogP) is 2.21. The molecule has 0 atom stereocenters. The molecule has 0 saturated heterocycles. The minimum atomic E-state index is -0.353. The number of nitrogen functional groups attached to an aromatic ring is 1. The first-order valence-corrected chi connectivity index (χ1v) is 6.69. The first-order valence-electron chi connectivity index (χ1n) is 6.69. The third-order valence-corrected chi connectivity index (χ3v) is 2.68. The molecule has 0 aliphatic heterocycles. The zero-order chi connectivity index (χ0) is 15.5. The Balaban J connectivity index is 2.07. The highest BCUT2D eigenvalue weighted by Gasteiger charge is 2.14. The number of benzene rings is 1. The van der Waals surface area contributed by atoms with Crippen LogP contribution in [0.1, 0.15) is 20.8 Å². The third kappa shape index (κ3) is 4.32. The maximum Gasteiger partial charge on any atom is 0.251 e. The second kappa shape index (κ2) is 5.97. The van der Waals surface area contributed by atoms with Gasteiger partial charge in [-0.1, -0.05) is 0 Å². The summed E-state index contributed by atoms with van der Waals surface area (Å²) in [6.45, 7) is 5.70. The highest BCUT2D eigenvalue weighted by molar-refractivity contribution is 5.91. The van der Waals surface area contributed by atoms with Crippen LogP contribution in [0, 0.1) is 0 Å². The van der Waals surface area contributed by atoms with Crippen LogP contribution in [0.2, 0.25) is 0 Å². The Morgan fingerprint density at radius 1 is 1.29 bits per heavy atom. The number of aromatic nitrogens is 2. The van der Waals surface area contributed by atoms with Crippen molar-refractivity contribution in [3.63, 3.8) is 0 Å². The summed E-state index contributed by atoms with van der Waals surface area (Å²) >= 11 is 0. The number of nitrogens with zero attached hydrogens (tertiary/aromatic N) is 2. The van der Waals surface area contributed by atoms with Crippen molar-refractivity contribution in [2.75, 3.05) is 17.7 Å². The number of nitrogens with two attached hydrogens (primary N) is 1. The highest BCUT2D eigenvalue weighted by atomic mass is 16.5. The fraction of sp³-hybridized carbons (Fsp3) is 0.333. The topological polar surface area (TPSA) is 82.2 Å². The summed E-state index contributed by atoms with van der Waals surface area (Å²) in [5.41, 5.74) is 6.81. The Hall–Kier alpha value is -2.34. The molecule has 0 spiro atoms. The van der Waals surface area contributed by atoms with Crippen LogP contribution in [0.25, 0.3) is 5.69 Å². The number of anilines is 2. The maximum atomic E-state index is 11.9. The SMILES string of the molecule is CC(C)(C)OCC(=O)Nc1ccnn1-c1ccc(N)cc1. The van der Waals surface area contributed by atoms with E-state index < -0.39 is 0 Å². The lowest BCUT2D eigenvalue weighted by atomic mass is 10.2. The Morgan fingerprint density at radius 2 is 1.95 bits per heavy atom. The molecule has 0 bridgehead atoms. The Labute approximate surface area is 123 Å². The van der Waals surface area contributed by atoms with Gasteiger partial charge in [0.15, 0.2) is 0 Å². The van der Waals surface area contributed by atoms with Gasteiger partial charge in [-0.05, 0) is 45.0 Å². The molecule has 0 unspecified atom stereocenters. The summed E-state index contributed by atoms with van der Waals surface area (Å²) in [5.74, 6) is 0.365. The first-order chi connectivity index (χ1) is 9.85. The van der Waals surface area contributed by atoms with E-state index in [2.05, 4.69) is 10.4 Å². The molecule has 112 valence electrons. The molecule has 6 nitrogen and oxygen atoms in total. The summed E-state index contributed by atoms with van der Waals surface area (Å²) in [6, 6.07) is 8.97. The highest BCUT2D eigenvalue weighted by Crippen LogP contribution is 2.16. The number of rotatable bonds is 4. The summed E-state index contributed by atoms with van der Waals surface area (Å²) in [6.07, 6.45) is 1.62. The second-order valence-electron chi connectivity index (χ2n) is 5.67. The fourth-order valence-corrected chi connectivity index (χ4v) is 1.68. The molecule has 6 heteroatoms. The van der Waals surface area contributed by atoms with Gasteiger partial charge in [0.1, 0.15) is 12.4 Å². The van der Waals surface area contributed by atoms with E-state index in [4.69, 9.17) is 10.5 Å². The van der Waals surface area contributed by atoms with Crippen molar-refractivity contribution in [2.45, 2.75) is 26.4 Å². The fourth-order valence-electron chi connectivity index (χ4n) is 1.68. The van der Waals surface area contributed by atoms with E-state index in [0.717, 1.165) is 5.69 Å². The molecule has 0 aliphatic carbocycles. The second-order valence-corrected chi connectivity index (χ2v) is 5.67. The van der Waals surface area contributed by atoms with Gasteiger partial charge in [0.05, 0.1) is 17.5 Å². The number of hydrogen-bond donors (Lipinski definition) is 2. The maximum absolute atomic E-state index is 11.9. The van der Waals surface area contributed by atoms with Crippen LogP contribution in [0.15, 0.2) is 36.5 Å². The van der Waals surface area contributed by atoms with Crippen molar-refractivity contribution in [3.8, 4) is 5.69 Å². The van der Waals surface area contributed by atoms with E-state index in [-0.39, 0.29) is 18.1 Å². The van der Waals surface area contributed by atoms with Crippen LogP contribution in [0.3, 0.4) is 0 Å². The molecule has 2 rings (SSSR count). The first kappa shape index (κ1) is 15.1. The van der Waals surface area contributed by atoms with Gasteiger partial charge >= 0.3 is 0 Å². The molecule has 0 radical (unpaired) electrons. The number of carbonyl (C=O) groups is 1. The van der Waals surface area contributed by atoms with Gasteiger partial charge in [0.2, 0.25) is 0 Å². The monoisotopic (exact) mass is 288 g/mol. The van der Waals surface area contributed by atoms with Crippen LogP contribution >= 0.6 is 0 Å². The zero-order valence-electron chi connectivity index (χ0n) is 12.5. The molecule has 2 aromatic rings. The molecule has 1 amide bonds. The molecular formula is C15H20N4O2. The molecule has 0 saturated carbocycles. The largest absolute Gasteiger partial charge is 0.399 e. The zero-order valence-corrected chi connectivity index (χ0v) is 12.5. The van der Waals surface area contributed by atoms with Gasteiger partial charge in [-0.15, -0.1) is 0 Å². The quantitative estimate of drug-likeness (QED) is 0.845. The van der Waals surface area contributed by atoms with Crippen LogP contribution in [0.5, 0.6) is 0 Å². The number of hydrogen-bond acceptors (Lipinski definition) is 4. The van der Waals surface area contributed by atoms with Gasteiger partial charge in [0.25, 0.3) is 5.91 Å². The average molecular weight is 288 g/mol. The third-order valence-electron chi connectivity index (χ3n) is 2.68. The predicted molar refractivity (Wildman–Crippen MR) is 82.3 cm³/mol. The minimum absolute atomic E-state index is 0.00355. The van der Waals surface area contributed by atoms with E-state index in [1.54, 1.807) is 29.1 Å². The standard InChI is InChI=1S/C15H20N4O2/c1-15(2,3)21-10-14(20)18-13-8-9-17-19(13)12-6-4-11(16)5-7-12/h4-9H,10,16H2,1-3H3,(H,18,20). The van der Waals surface area contributed by atoms with E-state index in [1.165, 1.54) is 0 Å². The number of amides is 1. The molecule has 1 aromatic heterocycles. The summed E-state index contributed by atoms with van der Waals surface area (Å²) < 4.78 is 7.08. The van der Waals surface area contributed by atoms with Gasteiger partial charge in [-0.2, -0.15) is 5.10 Å². The Bertz CT molecular complexity index is 611. The van der Waals surface area contributed by atoms with Gasteiger partial charge < -0.3 is 15.8 Å². The minimum Gasteiger partial charge on any atom is -0.399 e. The number of carbonyl (C=O) groups excluding carboxylic acids is 1. The Morgan fingerprint density at radius 3 is 2.57 bits per heavy atom. The molecule has 3 N–H and O–H groups in total. The molecule has 0 aliphatic rings. The van der Waals surface area contributed by atoms with Crippen LogP contribution in [0.4, 0.5) is 11.5 Å². The van der Waals surface area contributed by atoms with Crippen molar-refractivity contribution < 1.29 is 9.53 Å². The molecular weight excluding hydrogens is 268 g/mol. The lowest BCUT2D eigenvalue weighted by Gasteiger charge is -2.19. The average Bonchev–Trinajstić information content (AvgIpc) is 2.85. The van der Waals surface area contributed by atoms with Crippen molar-refractivity contribution in [3.05, 3.63) is 36.5 Å². The van der Waals surface area contributed by atoms with E-state index >= 15 is 0 Å². The van der Waals surface area contributed by atoms with Crippen molar-refractivity contribution >= 4 is 17.4 Å². The van der Waals surface area contributed by atoms with E-state index in [9.17, 15) is 4.79 Å². The summed E-state index contributed by atoms with van der Waals surface area (Å²) in [7, 11) is 0. The Kier molecular flexibility index (Phi) is 4.28. The molecule has 1 aromatic carbocycles. The van der Waals surface area contributed by atoms with Gasteiger partial charge in [-0.25, -0.2) is 4.68 Å². The van der Waals surface area contributed by atoms with Crippen LogP contribution in [-0.2, 0) is 9.53 Å². The molecule has 1 heterocycles. The smallest absolute Gasteiger partial charge is 0.251 e. The van der Waals surface area contributed by atoms with E-state index in [1.807, 2.05) is 32.9 Å². The van der Waals surface area contributed by atoms with Crippen LogP contribution < -0.4 is 11.1 Å². The van der Waals surface area contributed by atoms with Gasteiger partial charge in [-0.3, -0.25) is 4.79 Å². The van der Waals surface area contributed by atoms with Crippen LogP contribution in [-0.4, -0.2) is 27.9 Å². The molecule has 21 heavy (non-hydrogen) atoms. The normalized spacial score (nSPS) is 11.4. The lowest BCUT2D eigenvalue weighted by Crippen LogP contribution is -2.27. The number of ether oxygens (including phenoxy) is 1. The summed E-state index contributed by atoms with van der Waals surface area (Å²) in [4.78, 5) is 11.9. The van der Waals surface area contributed by atoms with Crippen molar-refractivity contribution in [1.82, 2.24) is 9.78 Å². The van der Waals surface area contributed by atoms with Gasteiger partial charge in [0, 0.05) is 11.8 Å². The summed E-state index contributed by atoms with van der Waals surface area (Å²) in [5, 5.41) is 6.98. The number of nitrogens with one attached hydrogen (secondary N) is 1. The lowest BCUT2D eigenvalue weighted by molar-refractivity contribution is -0.125. The molecule has 0 fully saturated rings. The van der Waals surface area contributed by atoms with Crippen molar-refractivity contribution in [2.24, 2.45) is 0 Å².